The van der Waals surface area contributed by atoms with Crippen LogP contribution in [0, 0.1) is 0 Å². The van der Waals surface area contributed by atoms with E-state index in [0.717, 1.165) is 37.2 Å². The fraction of sp³-hybridized carbons (Fsp3) is 0.429. The summed E-state index contributed by atoms with van der Waals surface area (Å²) in [4.78, 5) is 11.3. The molecule has 1 atom stereocenters. The minimum atomic E-state index is -0.218. The first-order chi connectivity index (χ1) is 12.5. The quantitative estimate of drug-likeness (QED) is 0.584. The zero-order valence-electron chi connectivity index (χ0n) is 15.7. The van der Waals surface area contributed by atoms with Crippen LogP contribution in [0.1, 0.15) is 49.8 Å². The standard InChI is InChI=1S/C21H27ClNO2P/c1-4-5-15-6-7-17(11-19(15)14(2)3)23-9-8-16-10-18(25-13-26-24)12-20(22)21(16)23/h6-7,10-12,14,24,26H,4-5,8-9,13H2,1-3H3. The van der Waals surface area contributed by atoms with E-state index in [-0.39, 0.29) is 8.81 Å². The summed E-state index contributed by atoms with van der Waals surface area (Å²) < 4.78 is 5.55. The Morgan fingerprint density at radius 1 is 1.27 bits per heavy atom. The van der Waals surface area contributed by atoms with Crippen molar-refractivity contribution in [3.05, 3.63) is 52.0 Å². The number of hydrogen-bond donors (Lipinski definition) is 1. The summed E-state index contributed by atoms with van der Waals surface area (Å²) in [5.74, 6) is 1.24. The van der Waals surface area contributed by atoms with E-state index in [1.54, 1.807) is 0 Å². The molecule has 0 radical (unpaired) electrons. The Balaban J connectivity index is 1.95. The third-order valence-electron chi connectivity index (χ3n) is 4.88. The molecule has 2 aromatic rings. The largest absolute Gasteiger partial charge is 0.487 e. The molecule has 0 amide bonds. The molecule has 0 spiro atoms. The Kier molecular flexibility index (Phi) is 6.45. The van der Waals surface area contributed by atoms with E-state index in [1.807, 2.05) is 6.07 Å². The van der Waals surface area contributed by atoms with Crippen LogP contribution in [0.25, 0.3) is 0 Å². The number of halogens is 1. The van der Waals surface area contributed by atoms with Gasteiger partial charge in [0.1, 0.15) is 12.1 Å². The van der Waals surface area contributed by atoms with E-state index in [2.05, 4.69) is 49.9 Å². The Morgan fingerprint density at radius 3 is 2.77 bits per heavy atom. The van der Waals surface area contributed by atoms with Gasteiger partial charge in [0, 0.05) is 27.1 Å². The molecule has 1 aliphatic rings. The van der Waals surface area contributed by atoms with E-state index in [9.17, 15) is 0 Å². The number of nitrogens with zero attached hydrogens (tertiary/aromatic N) is 1. The van der Waals surface area contributed by atoms with Crippen LogP contribution in [0.15, 0.2) is 30.3 Å². The normalized spacial score (nSPS) is 13.8. The van der Waals surface area contributed by atoms with E-state index >= 15 is 0 Å². The van der Waals surface area contributed by atoms with Gasteiger partial charge in [-0.3, -0.25) is 0 Å². The summed E-state index contributed by atoms with van der Waals surface area (Å²) in [5, 5.41) is 0.708. The van der Waals surface area contributed by atoms with Gasteiger partial charge < -0.3 is 14.5 Å². The number of rotatable bonds is 7. The molecule has 0 aliphatic carbocycles. The summed E-state index contributed by atoms with van der Waals surface area (Å²) in [7, 11) is -0.218. The maximum Gasteiger partial charge on any atom is 0.129 e. The van der Waals surface area contributed by atoms with Gasteiger partial charge in [0.05, 0.1) is 10.7 Å². The lowest BCUT2D eigenvalue weighted by atomic mass is 9.94. The topological polar surface area (TPSA) is 32.7 Å². The van der Waals surface area contributed by atoms with Crippen LogP contribution < -0.4 is 9.64 Å². The molecule has 3 rings (SSSR count). The molecule has 5 heteroatoms. The minimum absolute atomic E-state index is 0.218. The number of benzene rings is 2. The van der Waals surface area contributed by atoms with Crippen LogP contribution in [-0.4, -0.2) is 17.8 Å². The minimum Gasteiger partial charge on any atom is -0.487 e. The van der Waals surface area contributed by atoms with E-state index < -0.39 is 0 Å². The van der Waals surface area contributed by atoms with Gasteiger partial charge in [-0.05, 0) is 53.6 Å². The van der Waals surface area contributed by atoms with E-state index in [0.29, 0.717) is 17.3 Å². The molecule has 2 aromatic carbocycles. The zero-order chi connectivity index (χ0) is 18.7. The smallest absolute Gasteiger partial charge is 0.129 e. The first kappa shape index (κ1) is 19.5. The highest BCUT2D eigenvalue weighted by Gasteiger charge is 2.25. The lowest BCUT2D eigenvalue weighted by Crippen LogP contribution is -2.14. The van der Waals surface area contributed by atoms with Gasteiger partial charge in [0.2, 0.25) is 0 Å². The summed E-state index contributed by atoms with van der Waals surface area (Å²) in [6.07, 6.45) is 3.54. The number of hydrogen-bond acceptors (Lipinski definition) is 3. The van der Waals surface area contributed by atoms with Crippen molar-refractivity contribution in [2.24, 2.45) is 0 Å². The molecule has 0 aromatic heterocycles. The molecule has 0 bridgehead atoms. The summed E-state index contributed by atoms with van der Waals surface area (Å²) in [5.41, 5.74) is 6.38. The molecule has 140 valence electrons. The number of fused-ring (bicyclic) bond motifs is 1. The summed E-state index contributed by atoms with van der Waals surface area (Å²) in [6, 6.07) is 10.7. The first-order valence-corrected chi connectivity index (χ1v) is 10.8. The predicted octanol–water partition coefficient (Wildman–Crippen LogP) is 6.03. The molecular formula is C21H27ClNO2P. The fourth-order valence-corrected chi connectivity index (χ4v) is 4.27. The highest BCUT2D eigenvalue weighted by molar-refractivity contribution is 7.30. The molecule has 1 aliphatic heterocycles. The van der Waals surface area contributed by atoms with Crippen molar-refractivity contribution < 1.29 is 9.63 Å². The monoisotopic (exact) mass is 391 g/mol. The SMILES string of the molecule is CCCc1ccc(N2CCc3cc(OCPO)cc(Cl)c32)cc1C(C)C. The van der Waals surface area contributed by atoms with Crippen LogP contribution in [-0.2, 0) is 12.8 Å². The van der Waals surface area contributed by atoms with Gasteiger partial charge in [-0.2, -0.15) is 0 Å². The molecule has 0 saturated heterocycles. The van der Waals surface area contributed by atoms with Gasteiger partial charge >= 0.3 is 0 Å². The van der Waals surface area contributed by atoms with E-state index in [4.69, 9.17) is 21.2 Å². The maximum absolute atomic E-state index is 8.97. The van der Waals surface area contributed by atoms with Gasteiger partial charge in [0.25, 0.3) is 0 Å². The molecule has 26 heavy (non-hydrogen) atoms. The molecule has 1 unspecified atom stereocenters. The number of aryl methyl sites for hydroxylation is 1. The van der Waals surface area contributed by atoms with Crippen molar-refractivity contribution >= 4 is 31.8 Å². The van der Waals surface area contributed by atoms with Crippen LogP contribution in [0.3, 0.4) is 0 Å². The second kappa shape index (κ2) is 8.61. The predicted molar refractivity (Wildman–Crippen MR) is 113 cm³/mol. The van der Waals surface area contributed by atoms with Gasteiger partial charge in [-0.15, -0.1) is 0 Å². The average Bonchev–Trinajstić information content (AvgIpc) is 3.05. The molecule has 1 N–H and O–H groups in total. The third-order valence-corrected chi connectivity index (χ3v) is 5.44. The van der Waals surface area contributed by atoms with Crippen molar-refractivity contribution in [2.75, 3.05) is 17.8 Å². The van der Waals surface area contributed by atoms with Gasteiger partial charge in [-0.1, -0.05) is 44.9 Å². The molecular weight excluding hydrogens is 365 g/mol. The summed E-state index contributed by atoms with van der Waals surface area (Å²) >= 11 is 6.60. The van der Waals surface area contributed by atoms with Gasteiger partial charge in [-0.25, -0.2) is 0 Å². The molecule has 3 nitrogen and oxygen atoms in total. The Hall–Kier alpha value is -1.28. The van der Waals surface area contributed by atoms with Gasteiger partial charge in [0.15, 0.2) is 0 Å². The third kappa shape index (κ3) is 4.01. The van der Waals surface area contributed by atoms with Crippen molar-refractivity contribution in [1.82, 2.24) is 0 Å². The second-order valence-corrected chi connectivity index (χ2v) is 8.06. The highest BCUT2D eigenvalue weighted by Crippen LogP contribution is 2.43. The molecule has 1 heterocycles. The Morgan fingerprint density at radius 2 is 2.08 bits per heavy atom. The number of anilines is 2. The highest BCUT2D eigenvalue weighted by atomic mass is 35.5. The average molecular weight is 392 g/mol. The maximum atomic E-state index is 8.97. The number of ether oxygens (including phenoxy) is 1. The zero-order valence-corrected chi connectivity index (χ0v) is 17.4. The van der Waals surface area contributed by atoms with Crippen LogP contribution in [0.2, 0.25) is 5.02 Å². The Labute approximate surface area is 163 Å². The van der Waals surface area contributed by atoms with Crippen molar-refractivity contribution in [3.63, 3.8) is 0 Å². The van der Waals surface area contributed by atoms with Crippen molar-refractivity contribution in [2.45, 2.75) is 46.0 Å². The fourth-order valence-electron chi connectivity index (χ4n) is 3.71. The van der Waals surface area contributed by atoms with Crippen LogP contribution in [0.4, 0.5) is 11.4 Å². The van der Waals surface area contributed by atoms with Crippen LogP contribution in [0.5, 0.6) is 5.75 Å². The lowest BCUT2D eigenvalue weighted by molar-refractivity contribution is 0.380. The molecule has 0 fully saturated rings. The lowest BCUT2D eigenvalue weighted by Gasteiger charge is -2.24. The van der Waals surface area contributed by atoms with Crippen LogP contribution >= 0.6 is 20.4 Å². The van der Waals surface area contributed by atoms with Crippen molar-refractivity contribution in [1.29, 1.82) is 0 Å². The molecule has 0 saturated carbocycles. The first-order valence-electron chi connectivity index (χ1n) is 9.27. The second-order valence-electron chi connectivity index (χ2n) is 7.05. The van der Waals surface area contributed by atoms with E-state index in [1.165, 1.54) is 22.4 Å². The Bertz CT molecular complexity index is 779. The van der Waals surface area contributed by atoms with Crippen molar-refractivity contribution in [3.8, 4) is 5.75 Å². The summed E-state index contributed by atoms with van der Waals surface area (Å²) in [6.45, 7) is 7.67.